The number of furan rings is 1. The molecule has 1 unspecified atom stereocenters. The number of ether oxygens (including phenoxy) is 1. The summed E-state index contributed by atoms with van der Waals surface area (Å²) in [5.74, 6) is 0.925. The van der Waals surface area contributed by atoms with Crippen LogP contribution in [0, 0.1) is 5.82 Å². The number of hydrogen-bond donors (Lipinski definition) is 1. The lowest BCUT2D eigenvalue weighted by Crippen LogP contribution is -2.49. The molecule has 1 atom stereocenters. The van der Waals surface area contributed by atoms with Crippen molar-refractivity contribution in [1.29, 1.82) is 0 Å². The monoisotopic (exact) mass is 459 g/mol. The average molecular weight is 460 g/mol. The van der Waals surface area contributed by atoms with E-state index in [-0.39, 0.29) is 23.3 Å². The Balaban J connectivity index is 1.45. The SMILES string of the molecule is COc1cccc(S(=O)(=O)NCC(c2ccco2)N2CCN(c3ccc(F)cc3)CC2)c1. The van der Waals surface area contributed by atoms with Crippen LogP contribution in [0.1, 0.15) is 11.8 Å². The summed E-state index contributed by atoms with van der Waals surface area (Å²) < 4.78 is 52.5. The lowest BCUT2D eigenvalue weighted by Gasteiger charge is -2.39. The Morgan fingerprint density at radius 3 is 2.47 bits per heavy atom. The largest absolute Gasteiger partial charge is 0.497 e. The van der Waals surface area contributed by atoms with Crippen molar-refractivity contribution in [1.82, 2.24) is 9.62 Å². The van der Waals surface area contributed by atoms with Crippen LogP contribution in [0.25, 0.3) is 0 Å². The lowest BCUT2D eigenvalue weighted by molar-refractivity contribution is 0.166. The highest BCUT2D eigenvalue weighted by Crippen LogP contribution is 2.25. The highest BCUT2D eigenvalue weighted by Gasteiger charge is 2.28. The Morgan fingerprint density at radius 1 is 1.06 bits per heavy atom. The van der Waals surface area contributed by atoms with Crippen molar-refractivity contribution in [3.8, 4) is 5.75 Å². The number of hydrogen-bond acceptors (Lipinski definition) is 6. The highest BCUT2D eigenvalue weighted by molar-refractivity contribution is 7.89. The molecule has 32 heavy (non-hydrogen) atoms. The van der Waals surface area contributed by atoms with Crippen molar-refractivity contribution >= 4 is 15.7 Å². The third-order valence-corrected chi connectivity index (χ3v) is 7.06. The number of halogens is 1. The molecule has 2 aromatic carbocycles. The molecule has 0 spiro atoms. The topological polar surface area (TPSA) is 75.0 Å². The maximum atomic E-state index is 13.2. The minimum atomic E-state index is -3.72. The van der Waals surface area contributed by atoms with Crippen LogP contribution in [0.4, 0.5) is 10.1 Å². The molecule has 1 aromatic heterocycles. The van der Waals surface area contributed by atoms with Gasteiger partial charge in [-0.25, -0.2) is 17.5 Å². The third kappa shape index (κ3) is 5.12. The van der Waals surface area contributed by atoms with Gasteiger partial charge in [-0.2, -0.15) is 0 Å². The van der Waals surface area contributed by atoms with Crippen LogP contribution in [0.2, 0.25) is 0 Å². The van der Waals surface area contributed by atoms with Gasteiger partial charge in [0.15, 0.2) is 0 Å². The van der Waals surface area contributed by atoms with Crippen LogP contribution >= 0.6 is 0 Å². The van der Waals surface area contributed by atoms with Gasteiger partial charge in [-0.15, -0.1) is 0 Å². The van der Waals surface area contributed by atoms with Gasteiger partial charge < -0.3 is 14.1 Å². The van der Waals surface area contributed by atoms with Gasteiger partial charge in [0.1, 0.15) is 17.3 Å². The summed E-state index contributed by atoms with van der Waals surface area (Å²) in [7, 11) is -2.22. The zero-order chi connectivity index (χ0) is 22.6. The third-order valence-electron chi connectivity index (χ3n) is 5.64. The fraction of sp³-hybridized carbons (Fsp3) is 0.304. The van der Waals surface area contributed by atoms with Crippen molar-refractivity contribution < 1.29 is 22.0 Å². The average Bonchev–Trinajstić information content (AvgIpc) is 3.35. The van der Waals surface area contributed by atoms with Crippen LogP contribution in [0.5, 0.6) is 5.75 Å². The summed E-state index contributed by atoms with van der Waals surface area (Å²) in [5.41, 5.74) is 0.972. The summed E-state index contributed by atoms with van der Waals surface area (Å²) in [6, 6.07) is 16.2. The number of sulfonamides is 1. The molecule has 0 bridgehead atoms. The molecule has 9 heteroatoms. The van der Waals surface area contributed by atoms with Crippen LogP contribution in [0.3, 0.4) is 0 Å². The van der Waals surface area contributed by atoms with E-state index in [2.05, 4.69) is 14.5 Å². The Kier molecular flexibility index (Phi) is 6.78. The van der Waals surface area contributed by atoms with Gasteiger partial charge in [-0.05, 0) is 48.5 Å². The molecule has 0 amide bonds. The van der Waals surface area contributed by atoms with Crippen molar-refractivity contribution in [3.63, 3.8) is 0 Å². The lowest BCUT2D eigenvalue weighted by atomic mass is 10.1. The van der Waals surface area contributed by atoms with Gasteiger partial charge in [-0.1, -0.05) is 6.07 Å². The first-order valence-corrected chi connectivity index (χ1v) is 11.9. The number of anilines is 1. The predicted molar refractivity (Wildman–Crippen MR) is 120 cm³/mol. The van der Waals surface area contributed by atoms with E-state index < -0.39 is 10.0 Å². The van der Waals surface area contributed by atoms with E-state index in [9.17, 15) is 12.8 Å². The van der Waals surface area contributed by atoms with E-state index in [0.29, 0.717) is 24.6 Å². The molecule has 1 saturated heterocycles. The van der Waals surface area contributed by atoms with Crippen LogP contribution < -0.4 is 14.4 Å². The molecule has 0 saturated carbocycles. The number of nitrogens with zero attached hydrogens (tertiary/aromatic N) is 2. The maximum Gasteiger partial charge on any atom is 0.240 e. The molecule has 3 aromatic rings. The van der Waals surface area contributed by atoms with E-state index >= 15 is 0 Å². The van der Waals surface area contributed by atoms with E-state index in [1.54, 1.807) is 36.6 Å². The second-order valence-corrected chi connectivity index (χ2v) is 9.33. The highest BCUT2D eigenvalue weighted by atomic mass is 32.2. The van der Waals surface area contributed by atoms with Crippen molar-refractivity contribution in [2.45, 2.75) is 10.9 Å². The molecule has 170 valence electrons. The quantitative estimate of drug-likeness (QED) is 0.557. The van der Waals surface area contributed by atoms with E-state index in [1.807, 2.05) is 6.07 Å². The van der Waals surface area contributed by atoms with Gasteiger partial charge in [-0.3, -0.25) is 4.90 Å². The normalized spacial score (nSPS) is 16.1. The number of benzene rings is 2. The van der Waals surface area contributed by atoms with Crippen LogP contribution in [0.15, 0.2) is 76.2 Å². The smallest absolute Gasteiger partial charge is 0.240 e. The minimum absolute atomic E-state index is 0.149. The van der Waals surface area contributed by atoms with E-state index in [4.69, 9.17) is 9.15 Å². The molecular weight excluding hydrogens is 433 g/mol. The molecule has 1 N–H and O–H groups in total. The first-order valence-electron chi connectivity index (χ1n) is 10.4. The number of nitrogens with one attached hydrogen (secondary N) is 1. The second-order valence-electron chi connectivity index (χ2n) is 7.56. The zero-order valence-electron chi connectivity index (χ0n) is 17.8. The first-order chi connectivity index (χ1) is 15.5. The number of piperazine rings is 1. The minimum Gasteiger partial charge on any atom is -0.497 e. The van der Waals surface area contributed by atoms with Crippen molar-refractivity contribution in [3.05, 3.63) is 78.5 Å². The van der Waals surface area contributed by atoms with Gasteiger partial charge in [0, 0.05) is 44.5 Å². The summed E-state index contributed by atoms with van der Waals surface area (Å²) in [4.78, 5) is 4.54. The second kappa shape index (κ2) is 9.72. The summed E-state index contributed by atoms with van der Waals surface area (Å²) in [5, 5.41) is 0. The standard InChI is InChI=1S/C23H26FN3O4S/c1-30-20-4-2-5-21(16-20)32(28,29)25-17-22(23-6-3-15-31-23)27-13-11-26(12-14-27)19-9-7-18(24)8-10-19/h2-10,15-16,22,25H,11-14,17H2,1H3. The zero-order valence-corrected chi connectivity index (χ0v) is 18.6. The molecule has 7 nitrogen and oxygen atoms in total. The fourth-order valence-corrected chi connectivity index (χ4v) is 4.95. The maximum absolute atomic E-state index is 13.2. The van der Waals surface area contributed by atoms with Gasteiger partial charge in [0.05, 0.1) is 24.3 Å². The molecule has 0 radical (unpaired) electrons. The van der Waals surface area contributed by atoms with E-state index in [1.165, 1.54) is 31.4 Å². The van der Waals surface area contributed by atoms with Gasteiger partial charge >= 0.3 is 0 Å². The first kappa shape index (κ1) is 22.3. The molecule has 2 heterocycles. The van der Waals surface area contributed by atoms with Crippen molar-refractivity contribution in [2.75, 3.05) is 44.7 Å². The summed E-state index contributed by atoms with van der Waals surface area (Å²) in [6.45, 7) is 3.08. The predicted octanol–water partition coefficient (Wildman–Crippen LogP) is 3.27. The summed E-state index contributed by atoms with van der Waals surface area (Å²) >= 11 is 0. The molecule has 1 fully saturated rings. The molecular formula is C23H26FN3O4S. The Labute approximate surface area is 187 Å². The number of rotatable bonds is 8. The Morgan fingerprint density at radius 2 is 1.81 bits per heavy atom. The molecule has 4 rings (SSSR count). The van der Waals surface area contributed by atoms with E-state index in [0.717, 1.165) is 18.8 Å². The number of methoxy groups -OCH3 is 1. The summed E-state index contributed by atoms with van der Waals surface area (Å²) in [6.07, 6.45) is 1.59. The van der Waals surface area contributed by atoms with Crippen LogP contribution in [-0.4, -0.2) is 53.2 Å². The molecule has 1 aliphatic rings. The fourth-order valence-electron chi connectivity index (χ4n) is 3.87. The Hall–Kier alpha value is -2.88. The molecule has 1 aliphatic heterocycles. The van der Waals surface area contributed by atoms with Gasteiger partial charge in [0.2, 0.25) is 10.0 Å². The van der Waals surface area contributed by atoms with Crippen molar-refractivity contribution in [2.24, 2.45) is 0 Å². The van der Waals surface area contributed by atoms with Gasteiger partial charge in [0.25, 0.3) is 0 Å². The van der Waals surface area contributed by atoms with Crippen LogP contribution in [-0.2, 0) is 10.0 Å². The Bertz CT molecular complexity index is 1110. The molecule has 0 aliphatic carbocycles.